The number of benzene rings is 1. The molecule has 0 radical (unpaired) electrons. The van der Waals surface area contributed by atoms with Crippen LogP contribution in [0.4, 0.5) is 0 Å². The summed E-state index contributed by atoms with van der Waals surface area (Å²) in [7, 11) is 0. The van der Waals surface area contributed by atoms with Crippen molar-refractivity contribution in [3.05, 3.63) is 35.4 Å². The highest BCUT2D eigenvalue weighted by Gasteiger charge is 2.44. The lowest BCUT2D eigenvalue weighted by Gasteiger charge is -2.32. The van der Waals surface area contributed by atoms with Crippen LogP contribution in [0.3, 0.4) is 0 Å². The van der Waals surface area contributed by atoms with E-state index in [1.807, 2.05) is 45.0 Å². The highest BCUT2D eigenvalue weighted by atomic mass is 16.5. The maximum absolute atomic E-state index is 12.0. The van der Waals surface area contributed by atoms with E-state index in [0.29, 0.717) is 6.42 Å². The van der Waals surface area contributed by atoms with E-state index in [-0.39, 0.29) is 18.2 Å². The first-order valence-corrected chi connectivity index (χ1v) is 7.47. The number of ether oxygens (including phenoxy) is 1. The van der Waals surface area contributed by atoms with Gasteiger partial charge < -0.3 is 15.6 Å². The number of hydrogen-bond donors (Lipinski definition) is 2. The Morgan fingerprint density at radius 1 is 1.43 bits per heavy atom. The van der Waals surface area contributed by atoms with Crippen LogP contribution < -0.4 is 5.73 Å². The minimum absolute atomic E-state index is 0.0547. The van der Waals surface area contributed by atoms with Gasteiger partial charge in [0.1, 0.15) is 5.41 Å². The molecule has 116 valence electrons. The number of rotatable bonds is 5. The molecule has 0 bridgehead atoms. The maximum atomic E-state index is 12.0. The average molecular weight is 291 g/mol. The lowest BCUT2D eigenvalue weighted by atomic mass is 9.75. The van der Waals surface area contributed by atoms with Crippen molar-refractivity contribution >= 4 is 5.97 Å². The number of carboxylic acid groups (broad SMARTS) is 1. The van der Waals surface area contributed by atoms with Crippen molar-refractivity contribution in [2.24, 2.45) is 5.73 Å². The first kappa shape index (κ1) is 16.0. The van der Waals surface area contributed by atoms with Crippen LogP contribution in [0.25, 0.3) is 0 Å². The standard InChI is InChI=1S/C17H25NO3/c1-12-4-6-13(7-5-12)17(11-18,15(19)20)10-14-8-9-16(2,3)21-14/h4-7,14H,8-11,18H2,1-3H3,(H,19,20). The summed E-state index contributed by atoms with van der Waals surface area (Å²) in [6, 6.07) is 7.61. The molecular weight excluding hydrogens is 266 g/mol. The Bertz CT molecular complexity index is 509. The summed E-state index contributed by atoms with van der Waals surface area (Å²) in [6.07, 6.45) is 2.20. The molecule has 0 spiro atoms. The van der Waals surface area contributed by atoms with E-state index in [2.05, 4.69) is 0 Å². The van der Waals surface area contributed by atoms with Gasteiger partial charge in [-0.15, -0.1) is 0 Å². The zero-order chi connectivity index (χ0) is 15.7. The Kier molecular flexibility index (Phi) is 4.40. The third-order valence-electron chi connectivity index (χ3n) is 4.49. The van der Waals surface area contributed by atoms with E-state index in [4.69, 9.17) is 10.5 Å². The number of hydrogen-bond acceptors (Lipinski definition) is 3. The lowest BCUT2D eigenvalue weighted by molar-refractivity contribution is -0.145. The second-order valence-electron chi connectivity index (χ2n) is 6.70. The lowest BCUT2D eigenvalue weighted by Crippen LogP contribution is -2.45. The summed E-state index contributed by atoms with van der Waals surface area (Å²) >= 11 is 0. The van der Waals surface area contributed by atoms with E-state index >= 15 is 0 Å². The molecule has 1 saturated heterocycles. The highest BCUT2D eigenvalue weighted by molar-refractivity contribution is 5.82. The third kappa shape index (κ3) is 3.27. The molecule has 0 amide bonds. The zero-order valence-corrected chi connectivity index (χ0v) is 13.1. The normalized spacial score (nSPS) is 23.7. The summed E-state index contributed by atoms with van der Waals surface area (Å²) < 4.78 is 5.98. The molecule has 3 N–H and O–H groups in total. The van der Waals surface area contributed by atoms with E-state index in [9.17, 15) is 9.90 Å². The van der Waals surface area contributed by atoms with Crippen molar-refractivity contribution in [3.63, 3.8) is 0 Å². The van der Waals surface area contributed by atoms with Gasteiger partial charge in [0.05, 0.1) is 11.7 Å². The van der Waals surface area contributed by atoms with Gasteiger partial charge in [-0.2, -0.15) is 0 Å². The van der Waals surface area contributed by atoms with E-state index in [1.165, 1.54) is 0 Å². The molecule has 2 rings (SSSR count). The molecule has 2 atom stereocenters. The van der Waals surface area contributed by atoms with Crippen LogP contribution in [-0.4, -0.2) is 29.3 Å². The molecule has 1 aromatic carbocycles. The highest BCUT2D eigenvalue weighted by Crippen LogP contribution is 2.38. The fraction of sp³-hybridized carbons (Fsp3) is 0.588. The predicted octanol–water partition coefficient (Wildman–Crippen LogP) is 2.62. The molecule has 1 aliphatic heterocycles. The number of carboxylic acids is 1. The smallest absolute Gasteiger partial charge is 0.315 e. The molecule has 1 aromatic rings. The molecule has 0 saturated carbocycles. The zero-order valence-electron chi connectivity index (χ0n) is 13.1. The van der Waals surface area contributed by atoms with Crippen molar-refractivity contribution in [2.75, 3.05) is 6.54 Å². The van der Waals surface area contributed by atoms with Gasteiger partial charge in [-0.1, -0.05) is 29.8 Å². The van der Waals surface area contributed by atoms with Crippen LogP contribution in [0.2, 0.25) is 0 Å². The van der Waals surface area contributed by atoms with Gasteiger partial charge in [-0.3, -0.25) is 4.79 Å². The fourth-order valence-corrected chi connectivity index (χ4v) is 3.10. The van der Waals surface area contributed by atoms with Gasteiger partial charge in [0, 0.05) is 6.54 Å². The third-order valence-corrected chi connectivity index (χ3v) is 4.49. The van der Waals surface area contributed by atoms with Gasteiger partial charge in [0.25, 0.3) is 0 Å². The number of aliphatic carboxylic acids is 1. The molecule has 2 unspecified atom stereocenters. The summed E-state index contributed by atoms with van der Waals surface area (Å²) in [5.74, 6) is -0.873. The van der Waals surface area contributed by atoms with Crippen LogP contribution in [-0.2, 0) is 14.9 Å². The molecule has 0 aliphatic carbocycles. The van der Waals surface area contributed by atoms with Gasteiger partial charge in [-0.25, -0.2) is 0 Å². The molecule has 0 aromatic heterocycles. The summed E-state index contributed by atoms with van der Waals surface area (Å²) in [5.41, 5.74) is 6.51. The van der Waals surface area contributed by atoms with Crippen LogP contribution in [0.5, 0.6) is 0 Å². The van der Waals surface area contributed by atoms with Gasteiger partial charge in [0.15, 0.2) is 0 Å². The van der Waals surface area contributed by atoms with Crippen molar-refractivity contribution < 1.29 is 14.6 Å². The van der Waals surface area contributed by atoms with Crippen LogP contribution >= 0.6 is 0 Å². The second-order valence-corrected chi connectivity index (χ2v) is 6.70. The molecule has 4 heteroatoms. The first-order chi connectivity index (χ1) is 9.79. The van der Waals surface area contributed by atoms with Gasteiger partial charge >= 0.3 is 5.97 Å². The Hall–Kier alpha value is -1.39. The molecule has 21 heavy (non-hydrogen) atoms. The number of carbonyl (C=O) groups is 1. The van der Waals surface area contributed by atoms with E-state index in [0.717, 1.165) is 24.0 Å². The number of nitrogens with two attached hydrogens (primary N) is 1. The van der Waals surface area contributed by atoms with Crippen molar-refractivity contribution in [3.8, 4) is 0 Å². The summed E-state index contributed by atoms with van der Waals surface area (Å²) in [5, 5.41) is 9.80. The molecule has 1 heterocycles. The van der Waals surface area contributed by atoms with Gasteiger partial charge in [0.2, 0.25) is 0 Å². The maximum Gasteiger partial charge on any atom is 0.315 e. The summed E-state index contributed by atoms with van der Waals surface area (Å²) in [4.78, 5) is 12.0. The average Bonchev–Trinajstić information content (AvgIpc) is 2.76. The SMILES string of the molecule is Cc1ccc(C(CN)(CC2CCC(C)(C)O2)C(=O)O)cc1. The monoisotopic (exact) mass is 291 g/mol. The van der Waals surface area contributed by atoms with Crippen molar-refractivity contribution in [2.45, 2.75) is 57.2 Å². The number of aryl methyl sites for hydroxylation is 1. The van der Waals surface area contributed by atoms with Gasteiger partial charge in [-0.05, 0) is 45.6 Å². The molecular formula is C17H25NO3. The van der Waals surface area contributed by atoms with E-state index in [1.54, 1.807) is 0 Å². The fourth-order valence-electron chi connectivity index (χ4n) is 3.10. The van der Waals surface area contributed by atoms with Crippen LogP contribution in [0, 0.1) is 6.92 Å². The Labute approximate surface area is 126 Å². The topological polar surface area (TPSA) is 72.5 Å². The minimum atomic E-state index is -1.07. The second kappa shape index (κ2) is 5.78. The predicted molar refractivity (Wildman–Crippen MR) is 82.4 cm³/mol. The largest absolute Gasteiger partial charge is 0.481 e. The quantitative estimate of drug-likeness (QED) is 0.874. The van der Waals surface area contributed by atoms with Crippen molar-refractivity contribution in [1.82, 2.24) is 0 Å². The molecule has 4 nitrogen and oxygen atoms in total. The Morgan fingerprint density at radius 2 is 2.05 bits per heavy atom. The summed E-state index contributed by atoms with van der Waals surface area (Å²) in [6.45, 7) is 6.15. The Morgan fingerprint density at radius 3 is 2.48 bits per heavy atom. The molecule has 1 fully saturated rings. The molecule has 1 aliphatic rings. The minimum Gasteiger partial charge on any atom is -0.481 e. The van der Waals surface area contributed by atoms with Crippen LogP contribution in [0.15, 0.2) is 24.3 Å². The van der Waals surface area contributed by atoms with E-state index < -0.39 is 11.4 Å². The van der Waals surface area contributed by atoms with Crippen LogP contribution in [0.1, 0.15) is 44.2 Å². The Balaban J connectivity index is 2.29. The van der Waals surface area contributed by atoms with Crippen molar-refractivity contribution in [1.29, 1.82) is 0 Å². The first-order valence-electron chi connectivity index (χ1n) is 7.47.